The molecule has 0 spiro atoms. The van der Waals surface area contributed by atoms with E-state index in [1.54, 1.807) is 28.8 Å². The number of carbonyl (C=O) groups excluding carboxylic acids is 1. The van der Waals surface area contributed by atoms with Crippen molar-refractivity contribution in [1.82, 2.24) is 4.90 Å². The van der Waals surface area contributed by atoms with Gasteiger partial charge in [-0.25, -0.2) is 4.39 Å². The Labute approximate surface area is 117 Å². The number of benzene rings is 1. The maximum Gasteiger partial charge on any atom is 0.239 e. The summed E-state index contributed by atoms with van der Waals surface area (Å²) >= 11 is 1.69. The summed E-state index contributed by atoms with van der Waals surface area (Å²) < 4.78 is 13.1. The molecule has 0 saturated carbocycles. The molecule has 1 aliphatic heterocycles. The van der Waals surface area contributed by atoms with E-state index < -0.39 is 6.04 Å². The smallest absolute Gasteiger partial charge is 0.239 e. The van der Waals surface area contributed by atoms with Crippen molar-refractivity contribution in [3.05, 3.63) is 35.1 Å². The molecule has 1 atom stereocenters. The Morgan fingerprint density at radius 1 is 1.53 bits per heavy atom. The van der Waals surface area contributed by atoms with Crippen LogP contribution in [-0.2, 0) is 17.8 Å². The molecule has 19 heavy (non-hydrogen) atoms. The van der Waals surface area contributed by atoms with Gasteiger partial charge in [0.15, 0.2) is 0 Å². The Bertz CT molecular complexity index is 467. The third kappa shape index (κ3) is 3.48. The molecule has 0 aromatic heterocycles. The maximum atomic E-state index is 13.1. The topological polar surface area (TPSA) is 46.3 Å². The zero-order valence-corrected chi connectivity index (χ0v) is 11.9. The van der Waals surface area contributed by atoms with Gasteiger partial charge in [-0.1, -0.05) is 6.07 Å². The quantitative estimate of drug-likeness (QED) is 0.916. The molecule has 0 aliphatic carbocycles. The van der Waals surface area contributed by atoms with Gasteiger partial charge in [0.05, 0.1) is 6.04 Å². The fourth-order valence-electron chi connectivity index (χ4n) is 2.31. The van der Waals surface area contributed by atoms with Gasteiger partial charge in [0.25, 0.3) is 0 Å². The van der Waals surface area contributed by atoms with Crippen LogP contribution >= 0.6 is 11.8 Å². The molecule has 1 aromatic carbocycles. The Hall–Kier alpha value is -1.07. The van der Waals surface area contributed by atoms with Crippen LogP contribution in [0.15, 0.2) is 18.2 Å². The van der Waals surface area contributed by atoms with Crippen molar-refractivity contribution < 1.29 is 9.18 Å². The van der Waals surface area contributed by atoms with Crippen LogP contribution in [0.5, 0.6) is 0 Å². The zero-order chi connectivity index (χ0) is 13.8. The SMILES string of the molecule is CSCC[C@H](N)C(=O)N1CCc2cc(F)ccc2C1. The van der Waals surface area contributed by atoms with Gasteiger partial charge in [-0.2, -0.15) is 11.8 Å². The van der Waals surface area contributed by atoms with Crippen molar-refractivity contribution >= 4 is 17.7 Å². The number of halogens is 1. The van der Waals surface area contributed by atoms with Gasteiger partial charge in [0.2, 0.25) is 5.91 Å². The first-order valence-corrected chi connectivity index (χ1v) is 7.82. The fourth-order valence-corrected chi connectivity index (χ4v) is 2.80. The number of hydrogen-bond donors (Lipinski definition) is 1. The number of nitrogens with two attached hydrogens (primary N) is 1. The van der Waals surface area contributed by atoms with Crippen LogP contribution in [0.3, 0.4) is 0 Å². The van der Waals surface area contributed by atoms with Crippen molar-refractivity contribution in [1.29, 1.82) is 0 Å². The van der Waals surface area contributed by atoms with Crippen molar-refractivity contribution in [3.8, 4) is 0 Å². The molecule has 1 aliphatic rings. The van der Waals surface area contributed by atoms with Gasteiger partial charge in [-0.3, -0.25) is 4.79 Å². The van der Waals surface area contributed by atoms with Crippen molar-refractivity contribution in [2.45, 2.75) is 25.4 Å². The normalized spacial score (nSPS) is 16.1. The van der Waals surface area contributed by atoms with Gasteiger partial charge in [0, 0.05) is 13.1 Å². The number of thioether (sulfide) groups is 1. The molecule has 0 fully saturated rings. The van der Waals surface area contributed by atoms with Crippen molar-refractivity contribution in [2.75, 3.05) is 18.6 Å². The van der Waals surface area contributed by atoms with Crippen LogP contribution in [-0.4, -0.2) is 35.4 Å². The third-order valence-electron chi connectivity index (χ3n) is 3.44. The molecule has 2 N–H and O–H groups in total. The molecule has 1 aromatic rings. The summed E-state index contributed by atoms with van der Waals surface area (Å²) in [7, 11) is 0. The zero-order valence-electron chi connectivity index (χ0n) is 11.1. The van der Waals surface area contributed by atoms with E-state index in [1.807, 2.05) is 6.26 Å². The van der Waals surface area contributed by atoms with E-state index in [2.05, 4.69) is 0 Å². The molecule has 0 radical (unpaired) electrons. The lowest BCUT2D eigenvalue weighted by atomic mass is 9.99. The molecule has 2 rings (SSSR count). The Kier molecular flexibility index (Phi) is 4.82. The monoisotopic (exact) mass is 282 g/mol. The third-order valence-corrected chi connectivity index (χ3v) is 4.09. The molecule has 3 nitrogen and oxygen atoms in total. The van der Waals surface area contributed by atoms with Gasteiger partial charge in [-0.05, 0) is 48.1 Å². The van der Waals surface area contributed by atoms with Gasteiger partial charge < -0.3 is 10.6 Å². The summed E-state index contributed by atoms with van der Waals surface area (Å²) in [6, 6.07) is 4.34. The number of hydrogen-bond acceptors (Lipinski definition) is 3. The Morgan fingerprint density at radius 3 is 3.05 bits per heavy atom. The van der Waals surface area contributed by atoms with E-state index in [-0.39, 0.29) is 11.7 Å². The Morgan fingerprint density at radius 2 is 2.32 bits per heavy atom. The number of amides is 1. The lowest BCUT2D eigenvalue weighted by Gasteiger charge is -2.30. The predicted octanol–water partition coefficient (Wildman–Crippen LogP) is 1.79. The number of carbonyl (C=O) groups is 1. The second-order valence-corrected chi connectivity index (χ2v) is 5.80. The van der Waals surface area contributed by atoms with Crippen LogP contribution in [0.2, 0.25) is 0 Å². The van der Waals surface area contributed by atoms with E-state index in [9.17, 15) is 9.18 Å². The highest BCUT2D eigenvalue weighted by Crippen LogP contribution is 2.20. The molecule has 104 valence electrons. The second-order valence-electron chi connectivity index (χ2n) is 4.81. The first kappa shape index (κ1) is 14.3. The van der Waals surface area contributed by atoms with Gasteiger partial charge in [0.1, 0.15) is 5.82 Å². The van der Waals surface area contributed by atoms with Crippen molar-refractivity contribution in [2.24, 2.45) is 5.73 Å². The lowest BCUT2D eigenvalue weighted by Crippen LogP contribution is -2.46. The highest BCUT2D eigenvalue weighted by Gasteiger charge is 2.24. The highest BCUT2D eigenvalue weighted by atomic mass is 32.2. The summed E-state index contributed by atoms with van der Waals surface area (Å²) in [5.74, 6) is 0.682. The van der Waals surface area contributed by atoms with Crippen LogP contribution in [0.4, 0.5) is 4.39 Å². The molecule has 0 saturated heterocycles. The largest absolute Gasteiger partial charge is 0.337 e. The number of rotatable bonds is 4. The van der Waals surface area contributed by atoms with E-state index in [0.717, 1.165) is 16.9 Å². The fraction of sp³-hybridized carbons (Fsp3) is 0.500. The average molecular weight is 282 g/mol. The average Bonchev–Trinajstić information content (AvgIpc) is 2.43. The highest BCUT2D eigenvalue weighted by molar-refractivity contribution is 7.98. The van der Waals surface area contributed by atoms with Crippen LogP contribution in [0.25, 0.3) is 0 Å². The summed E-state index contributed by atoms with van der Waals surface area (Å²) in [6.45, 7) is 1.17. The minimum atomic E-state index is -0.422. The van der Waals surface area contributed by atoms with Crippen LogP contribution < -0.4 is 5.73 Å². The lowest BCUT2D eigenvalue weighted by molar-refractivity contribution is -0.133. The number of nitrogens with zero attached hydrogens (tertiary/aromatic N) is 1. The standard InChI is InChI=1S/C14H19FN2OS/c1-19-7-5-13(16)14(18)17-6-4-10-8-12(15)3-2-11(10)9-17/h2-3,8,13H,4-7,9,16H2,1H3/t13-/m0/s1. The minimum absolute atomic E-state index is 0.00373. The summed E-state index contributed by atoms with van der Waals surface area (Å²) in [5.41, 5.74) is 7.94. The Balaban J connectivity index is 2.01. The van der Waals surface area contributed by atoms with E-state index in [0.29, 0.717) is 25.9 Å². The molecular formula is C14H19FN2OS. The van der Waals surface area contributed by atoms with E-state index in [4.69, 9.17) is 5.73 Å². The van der Waals surface area contributed by atoms with Crippen LogP contribution in [0.1, 0.15) is 17.5 Å². The first-order chi connectivity index (χ1) is 9.11. The molecule has 0 bridgehead atoms. The molecule has 1 heterocycles. The van der Waals surface area contributed by atoms with Gasteiger partial charge >= 0.3 is 0 Å². The summed E-state index contributed by atoms with van der Waals surface area (Å²) in [6.07, 6.45) is 3.41. The van der Waals surface area contributed by atoms with E-state index >= 15 is 0 Å². The minimum Gasteiger partial charge on any atom is -0.337 e. The second kappa shape index (κ2) is 6.39. The predicted molar refractivity (Wildman–Crippen MR) is 76.5 cm³/mol. The molecular weight excluding hydrogens is 263 g/mol. The van der Waals surface area contributed by atoms with Crippen molar-refractivity contribution in [3.63, 3.8) is 0 Å². The van der Waals surface area contributed by atoms with E-state index in [1.165, 1.54) is 6.07 Å². The first-order valence-electron chi connectivity index (χ1n) is 6.42. The van der Waals surface area contributed by atoms with Gasteiger partial charge in [-0.15, -0.1) is 0 Å². The maximum absolute atomic E-state index is 13.1. The summed E-state index contributed by atoms with van der Waals surface area (Å²) in [5, 5.41) is 0. The van der Waals surface area contributed by atoms with Crippen LogP contribution in [0, 0.1) is 5.82 Å². The molecule has 1 amide bonds. The number of fused-ring (bicyclic) bond motifs is 1. The summed E-state index contributed by atoms with van der Waals surface area (Å²) in [4.78, 5) is 14.0. The molecule has 5 heteroatoms. The molecule has 0 unspecified atom stereocenters.